The van der Waals surface area contributed by atoms with E-state index in [-0.39, 0.29) is 35.2 Å². The molecule has 0 amide bonds. The van der Waals surface area contributed by atoms with E-state index in [0.717, 1.165) is 11.1 Å². The van der Waals surface area contributed by atoms with Gasteiger partial charge in [0.1, 0.15) is 11.6 Å². The normalized spacial score (nSPS) is 20.8. The fourth-order valence-corrected chi connectivity index (χ4v) is 4.79. The van der Waals surface area contributed by atoms with Gasteiger partial charge in [0.05, 0.1) is 11.5 Å². The van der Waals surface area contributed by atoms with Gasteiger partial charge in [-0.3, -0.25) is 0 Å². The van der Waals surface area contributed by atoms with Gasteiger partial charge in [-0.2, -0.15) is 0 Å². The van der Waals surface area contributed by atoms with E-state index in [4.69, 9.17) is 0 Å². The Hall–Kier alpha value is -1.79. The SMILES string of the molecule is O=S1(=O)CC[C@H](N[C@H](Cc2cccc(F)c2)c2cccc(F)c2)C1. The predicted molar refractivity (Wildman–Crippen MR) is 89.4 cm³/mol. The van der Waals surface area contributed by atoms with Crippen LogP contribution in [-0.2, 0) is 16.3 Å². The second kappa shape index (κ2) is 6.99. The second-order valence-electron chi connectivity index (χ2n) is 6.21. The van der Waals surface area contributed by atoms with Gasteiger partial charge in [-0.1, -0.05) is 24.3 Å². The van der Waals surface area contributed by atoms with Crippen molar-refractivity contribution in [2.45, 2.75) is 24.9 Å². The Morgan fingerprint density at radius 3 is 2.42 bits per heavy atom. The Bertz CT molecular complexity index is 823. The van der Waals surface area contributed by atoms with Gasteiger partial charge in [0.15, 0.2) is 9.84 Å². The van der Waals surface area contributed by atoms with E-state index in [1.807, 2.05) is 6.07 Å². The van der Waals surface area contributed by atoms with Crippen molar-refractivity contribution in [2.24, 2.45) is 0 Å². The molecule has 6 heteroatoms. The average molecular weight is 351 g/mol. The van der Waals surface area contributed by atoms with E-state index < -0.39 is 9.84 Å². The van der Waals surface area contributed by atoms with E-state index >= 15 is 0 Å². The highest BCUT2D eigenvalue weighted by Crippen LogP contribution is 2.23. The second-order valence-corrected chi connectivity index (χ2v) is 8.44. The molecule has 0 spiro atoms. The Balaban J connectivity index is 1.83. The number of nitrogens with one attached hydrogen (secondary N) is 1. The largest absolute Gasteiger partial charge is 0.306 e. The maximum Gasteiger partial charge on any atom is 0.151 e. The fraction of sp³-hybridized carbons (Fsp3) is 0.333. The quantitative estimate of drug-likeness (QED) is 0.901. The maximum atomic E-state index is 13.6. The lowest BCUT2D eigenvalue weighted by Crippen LogP contribution is -2.35. The van der Waals surface area contributed by atoms with Crippen molar-refractivity contribution in [1.29, 1.82) is 0 Å². The highest BCUT2D eigenvalue weighted by atomic mass is 32.2. The van der Waals surface area contributed by atoms with Crippen molar-refractivity contribution in [2.75, 3.05) is 11.5 Å². The smallest absolute Gasteiger partial charge is 0.151 e. The third kappa shape index (κ3) is 4.39. The molecule has 0 bridgehead atoms. The summed E-state index contributed by atoms with van der Waals surface area (Å²) < 4.78 is 50.3. The lowest BCUT2D eigenvalue weighted by molar-refractivity contribution is 0.454. The molecule has 2 aromatic carbocycles. The summed E-state index contributed by atoms with van der Waals surface area (Å²) in [4.78, 5) is 0. The predicted octanol–water partition coefficient (Wildman–Crippen LogP) is 3.03. The Labute approximate surface area is 140 Å². The monoisotopic (exact) mass is 351 g/mol. The molecular formula is C18H19F2NO2S. The Morgan fingerprint density at radius 1 is 1.08 bits per heavy atom. The molecule has 1 aliphatic rings. The van der Waals surface area contributed by atoms with E-state index in [1.54, 1.807) is 18.2 Å². The van der Waals surface area contributed by atoms with Crippen molar-refractivity contribution < 1.29 is 17.2 Å². The first-order valence-corrected chi connectivity index (χ1v) is 9.70. The lowest BCUT2D eigenvalue weighted by Gasteiger charge is -2.23. The van der Waals surface area contributed by atoms with Crippen LogP contribution in [0.25, 0.3) is 0 Å². The molecule has 128 valence electrons. The summed E-state index contributed by atoms with van der Waals surface area (Å²) in [5.74, 6) is -0.422. The molecule has 0 aromatic heterocycles. The van der Waals surface area contributed by atoms with Crippen LogP contribution in [0, 0.1) is 11.6 Å². The Kier molecular flexibility index (Phi) is 4.96. The van der Waals surface area contributed by atoms with Crippen LogP contribution >= 0.6 is 0 Å². The summed E-state index contributed by atoms with van der Waals surface area (Å²) >= 11 is 0. The van der Waals surface area contributed by atoms with Gasteiger partial charge >= 0.3 is 0 Å². The van der Waals surface area contributed by atoms with E-state index in [9.17, 15) is 17.2 Å². The third-order valence-electron chi connectivity index (χ3n) is 4.25. The molecule has 3 nitrogen and oxygen atoms in total. The van der Waals surface area contributed by atoms with E-state index in [1.165, 1.54) is 24.3 Å². The molecule has 24 heavy (non-hydrogen) atoms. The molecule has 0 radical (unpaired) electrons. The minimum atomic E-state index is -3.01. The van der Waals surface area contributed by atoms with Crippen LogP contribution in [0.2, 0.25) is 0 Å². The van der Waals surface area contributed by atoms with Crippen LogP contribution in [0.5, 0.6) is 0 Å². The Morgan fingerprint density at radius 2 is 1.79 bits per heavy atom. The first-order chi connectivity index (χ1) is 11.4. The molecular weight excluding hydrogens is 332 g/mol. The summed E-state index contributed by atoms with van der Waals surface area (Å²) in [6.45, 7) is 0. The first-order valence-electron chi connectivity index (χ1n) is 7.88. The van der Waals surface area contributed by atoms with Crippen LogP contribution in [0.1, 0.15) is 23.6 Å². The van der Waals surface area contributed by atoms with Crippen molar-refractivity contribution in [3.8, 4) is 0 Å². The number of benzene rings is 2. The van der Waals surface area contributed by atoms with Crippen molar-refractivity contribution in [3.63, 3.8) is 0 Å². The van der Waals surface area contributed by atoms with Crippen molar-refractivity contribution >= 4 is 9.84 Å². The molecule has 3 rings (SSSR count). The number of sulfone groups is 1. The molecule has 1 N–H and O–H groups in total. The summed E-state index contributed by atoms with van der Waals surface area (Å²) in [5.41, 5.74) is 1.50. The minimum Gasteiger partial charge on any atom is -0.306 e. The summed E-state index contributed by atoms with van der Waals surface area (Å²) in [6, 6.07) is 12.0. The molecule has 0 unspecified atom stereocenters. The summed E-state index contributed by atoms with van der Waals surface area (Å²) in [5, 5.41) is 3.31. The highest BCUT2D eigenvalue weighted by Gasteiger charge is 2.29. The topological polar surface area (TPSA) is 46.2 Å². The van der Waals surface area contributed by atoms with Gasteiger partial charge in [-0.25, -0.2) is 17.2 Å². The van der Waals surface area contributed by atoms with E-state index in [2.05, 4.69) is 5.32 Å². The summed E-state index contributed by atoms with van der Waals surface area (Å²) in [6.07, 6.45) is 0.995. The number of halogens is 2. The van der Waals surface area contributed by atoms with Crippen molar-refractivity contribution in [3.05, 3.63) is 71.3 Å². The van der Waals surface area contributed by atoms with Gasteiger partial charge in [-0.05, 0) is 48.2 Å². The van der Waals surface area contributed by atoms with Crippen LogP contribution in [0.3, 0.4) is 0 Å². The molecule has 2 atom stereocenters. The molecule has 0 saturated carbocycles. The standard InChI is InChI=1S/C18H19F2NO2S/c19-15-5-1-3-13(9-15)10-18(14-4-2-6-16(20)11-14)21-17-7-8-24(22,23)12-17/h1-6,9,11,17-18,21H,7-8,10,12H2/t17-,18+/m0/s1. The van der Waals surface area contributed by atoms with Gasteiger partial charge in [0.2, 0.25) is 0 Å². The third-order valence-corrected chi connectivity index (χ3v) is 6.02. The number of hydrogen-bond donors (Lipinski definition) is 1. The van der Waals surface area contributed by atoms with Gasteiger partial charge in [0, 0.05) is 12.1 Å². The zero-order valence-corrected chi connectivity index (χ0v) is 13.9. The molecule has 1 aliphatic heterocycles. The molecule has 1 saturated heterocycles. The van der Waals surface area contributed by atoms with Crippen LogP contribution < -0.4 is 5.32 Å². The number of hydrogen-bond acceptors (Lipinski definition) is 3. The first kappa shape index (κ1) is 17.0. The molecule has 1 heterocycles. The van der Waals surface area contributed by atoms with Crippen LogP contribution in [-0.4, -0.2) is 26.0 Å². The van der Waals surface area contributed by atoms with Gasteiger partial charge < -0.3 is 5.32 Å². The zero-order valence-electron chi connectivity index (χ0n) is 13.1. The minimum absolute atomic E-state index is 0.0853. The van der Waals surface area contributed by atoms with Gasteiger partial charge in [0.25, 0.3) is 0 Å². The zero-order chi connectivity index (χ0) is 17.2. The molecule has 2 aromatic rings. The lowest BCUT2D eigenvalue weighted by atomic mass is 9.97. The number of rotatable bonds is 5. The van der Waals surface area contributed by atoms with Crippen molar-refractivity contribution in [1.82, 2.24) is 5.32 Å². The van der Waals surface area contributed by atoms with Gasteiger partial charge in [-0.15, -0.1) is 0 Å². The molecule has 1 fully saturated rings. The van der Waals surface area contributed by atoms with Crippen LogP contribution in [0.4, 0.5) is 8.78 Å². The van der Waals surface area contributed by atoms with Crippen LogP contribution in [0.15, 0.2) is 48.5 Å². The summed E-state index contributed by atoms with van der Waals surface area (Å²) in [7, 11) is -3.01. The molecule has 0 aliphatic carbocycles. The highest BCUT2D eigenvalue weighted by molar-refractivity contribution is 7.91. The maximum absolute atomic E-state index is 13.6. The van der Waals surface area contributed by atoms with E-state index in [0.29, 0.717) is 12.8 Å². The average Bonchev–Trinajstić information content (AvgIpc) is 2.86. The fourth-order valence-electron chi connectivity index (χ4n) is 3.11.